The third-order valence-corrected chi connectivity index (χ3v) is 2.91. The van der Waals surface area contributed by atoms with Crippen molar-refractivity contribution in [1.82, 2.24) is 20.1 Å². The standard InChI is InChI=1S/C12H11N5O2/c13-11-10-8(5-9(18)15-12(10)19)16-17(11)6-7-3-1-2-4-14-7/h1-4H,5-6,13H2,(H,15,18,19). The lowest BCUT2D eigenvalue weighted by Gasteiger charge is -2.09. The molecule has 3 heterocycles. The second kappa shape index (κ2) is 4.20. The summed E-state index contributed by atoms with van der Waals surface area (Å²) in [6.45, 7) is 0.362. The topological polar surface area (TPSA) is 103 Å². The Balaban J connectivity index is 1.99. The highest BCUT2D eigenvalue weighted by molar-refractivity contribution is 6.11. The zero-order chi connectivity index (χ0) is 13.4. The molecule has 0 aromatic carbocycles. The van der Waals surface area contributed by atoms with Crippen molar-refractivity contribution in [3.8, 4) is 0 Å². The van der Waals surface area contributed by atoms with Gasteiger partial charge in [0.15, 0.2) is 0 Å². The summed E-state index contributed by atoms with van der Waals surface area (Å²) in [7, 11) is 0. The fourth-order valence-corrected chi connectivity index (χ4v) is 2.05. The molecule has 7 heteroatoms. The average molecular weight is 257 g/mol. The highest BCUT2D eigenvalue weighted by Gasteiger charge is 2.29. The number of rotatable bonds is 2. The number of nitrogens with zero attached hydrogens (tertiary/aromatic N) is 3. The maximum absolute atomic E-state index is 11.7. The summed E-state index contributed by atoms with van der Waals surface area (Å²) in [5.74, 6) is -0.596. The van der Waals surface area contributed by atoms with Crippen molar-refractivity contribution in [3.63, 3.8) is 0 Å². The molecule has 2 amide bonds. The maximum Gasteiger partial charge on any atom is 0.263 e. The van der Waals surface area contributed by atoms with Gasteiger partial charge in [-0.15, -0.1) is 0 Å². The zero-order valence-electron chi connectivity index (χ0n) is 9.96. The van der Waals surface area contributed by atoms with Gasteiger partial charge in [0.05, 0.1) is 24.4 Å². The first-order chi connectivity index (χ1) is 9.15. The second-order valence-electron chi connectivity index (χ2n) is 4.24. The summed E-state index contributed by atoms with van der Waals surface area (Å²) in [6.07, 6.45) is 1.74. The second-order valence-corrected chi connectivity index (χ2v) is 4.24. The number of anilines is 1. The number of aromatic nitrogens is 3. The number of imide groups is 1. The van der Waals surface area contributed by atoms with Gasteiger partial charge >= 0.3 is 0 Å². The number of fused-ring (bicyclic) bond motifs is 1. The van der Waals surface area contributed by atoms with E-state index in [0.29, 0.717) is 12.2 Å². The van der Waals surface area contributed by atoms with Crippen LogP contribution in [-0.2, 0) is 17.8 Å². The quantitative estimate of drug-likeness (QED) is 0.720. The van der Waals surface area contributed by atoms with E-state index in [9.17, 15) is 9.59 Å². The van der Waals surface area contributed by atoms with Gasteiger partial charge in [0.2, 0.25) is 5.91 Å². The lowest BCUT2D eigenvalue weighted by Crippen LogP contribution is -2.37. The van der Waals surface area contributed by atoms with Gasteiger partial charge in [-0.1, -0.05) is 6.07 Å². The molecule has 2 aromatic rings. The van der Waals surface area contributed by atoms with Gasteiger partial charge in [0, 0.05) is 6.20 Å². The summed E-state index contributed by atoms with van der Waals surface area (Å²) in [6, 6.07) is 5.51. The van der Waals surface area contributed by atoms with Crippen LogP contribution in [0.4, 0.5) is 5.82 Å². The van der Waals surface area contributed by atoms with Crippen LogP contribution in [-0.4, -0.2) is 26.6 Å². The van der Waals surface area contributed by atoms with E-state index in [1.165, 1.54) is 4.68 Å². The van der Waals surface area contributed by atoms with Crippen molar-refractivity contribution >= 4 is 17.6 Å². The van der Waals surface area contributed by atoms with E-state index < -0.39 is 5.91 Å². The van der Waals surface area contributed by atoms with E-state index in [2.05, 4.69) is 15.4 Å². The van der Waals surface area contributed by atoms with Crippen LogP contribution >= 0.6 is 0 Å². The molecule has 3 rings (SSSR count). The van der Waals surface area contributed by atoms with Gasteiger partial charge in [-0.2, -0.15) is 5.10 Å². The number of hydrogen-bond acceptors (Lipinski definition) is 5. The molecule has 0 bridgehead atoms. The molecule has 2 aromatic heterocycles. The number of nitrogens with two attached hydrogens (primary N) is 1. The van der Waals surface area contributed by atoms with Crippen LogP contribution in [0.5, 0.6) is 0 Å². The Morgan fingerprint density at radius 1 is 1.37 bits per heavy atom. The highest BCUT2D eigenvalue weighted by Crippen LogP contribution is 2.21. The maximum atomic E-state index is 11.7. The third kappa shape index (κ3) is 1.95. The van der Waals surface area contributed by atoms with E-state index in [4.69, 9.17) is 5.73 Å². The fourth-order valence-electron chi connectivity index (χ4n) is 2.05. The first-order valence-corrected chi connectivity index (χ1v) is 5.74. The normalized spacial score (nSPS) is 14.1. The van der Waals surface area contributed by atoms with E-state index >= 15 is 0 Å². The van der Waals surface area contributed by atoms with Crippen LogP contribution in [0.15, 0.2) is 24.4 Å². The predicted molar refractivity (Wildman–Crippen MR) is 66.2 cm³/mol. The minimum atomic E-state index is -0.490. The molecule has 1 aliphatic rings. The molecular weight excluding hydrogens is 246 g/mol. The SMILES string of the molecule is Nc1c2c(nn1Cc1ccccn1)CC(=O)NC2=O. The van der Waals surface area contributed by atoms with E-state index in [1.807, 2.05) is 18.2 Å². The Labute approximate surface area is 108 Å². The molecule has 0 radical (unpaired) electrons. The summed E-state index contributed by atoms with van der Waals surface area (Å²) >= 11 is 0. The molecule has 19 heavy (non-hydrogen) atoms. The fraction of sp³-hybridized carbons (Fsp3) is 0.167. The van der Waals surface area contributed by atoms with E-state index in [0.717, 1.165) is 5.69 Å². The molecule has 0 saturated heterocycles. The molecule has 7 nitrogen and oxygen atoms in total. The molecule has 0 spiro atoms. The van der Waals surface area contributed by atoms with Crippen LogP contribution in [0.2, 0.25) is 0 Å². The Kier molecular flexibility index (Phi) is 2.52. The van der Waals surface area contributed by atoms with Crippen LogP contribution in [0.3, 0.4) is 0 Å². The number of amides is 2. The molecule has 0 saturated carbocycles. The molecule has 3 N–H and O–H groups in total. The van der Waals surface area contributed by atoms with E-state index in [-0.39, 0.29) is 23.7 Å². The highest BCUT2D eigenvalue weighted by atomic mass is 16.2. The van der Waals surface area contributed by atoms with Gasteiger partial charge in [-0.25, -0.2) is 4.68 Å². The summed E-state index contributed by atoms with van der Waals surface area (Å²) in [5.41, 5.74) is 7.39. The first kappa shape index (κ1) is 11.4. The first-order valence-electron chi connectivity index (χ1n) is 5.74. The largest absolute Gasteiger partial charge is 0.383 e. The van der Waals surface area contributed by atoms with Crippen molar-refractivity contribution < 1.29 is 9.59 Å². The van der Waals surface area contributed by atoms with Crippen molar-refractivity contribution in [2.45, 2.75) is 13.0 Å². The number of nitrogen functional groups attached to an aromatic ring is 1. The smallest absolute Gasteiger partial charge is 0.263 e. The Morgan fingerprint density at radius 2 is 2.21 bits per heavy atom. The number of carbonyl (C=O) groups is 2. The molecule has 0 atom stereocenters. The number of nitrogens with one attached hydrogen (secondary N) is 1. The van der Waals surface area contributed by atoms with Crippen molar-refractivity contribution in [2.75, 3.05) is 5.73 Å². The van der Waals surface area contributed by atoms with E-state index in [1.54, 1.807) is 6.20 Å². The van der Waals surface area contributed by atoms with Crippen LogP contribution in [0, 0.1) is 0 Å². The van der Waals surface area contributed by atoms with Gasteiger partial charge in [0.1, 0.15) is 11.4 Å². The summed E-state index contributed by atoms with van der Waals surface area (Å²) < 4.78 is 1.49. The lowest BCUT2D eigenvalue weighted by atomic mass is 10.1. The number of pyridine rings is 1. The Hall–Kier alpha value is -2.70. The van der Waals surface area contributed by atoms with Crippen molar-refractivity contribution in [2.24, 2.45) is 0 Å². The molecule has 0 unspecified atom stereocenters. The summed E-state index contributed by atoms with van der Waals surface area (Å²) in [4.78, 5) is 27.2. The predicted octanol–water partition coefficient (Wildman–Crippen LogP) is -0.279. The van der Waals surface area contributed by atoms with Crippen molar-refractivity contribution in [1.29, 1.82) is 0 Å². The lowest BCUT2D eigenvalue weighted by molar-refractivity contribution is -0.119. The van der Waals surface area contributed by atoms with Crippen molar-refractivity contribution in [3.05, 3.63) is 41.3 Å². The Morgan fingerprint density at radius 3 is 2.95 bits per heavy atom. The van der Waals surface area contributed by atoms with Gasteiger partial charge in [-0.05, 0) is 12.1 Å². The summed E-state index contributed by atoms with van der Waals surface area (Å²) in [5, 5.41) is 6.44. The minimum Gasteiger partial charge on any atom is -0.383 e. The molecular formula is C12H11N5O2. The van der Waals surface area contributed by atoms with Gasteiger partial charge in [0.25, 0.3) is 5.91 Å². The average Bonchev–Trinajstić information content (AvgIpc) is 2.67. The van der Waals surface area contributed by atoms with Crippen LogP contribution in [0.25, 0.3) is 0 Å². The van der Waals surface area contributed by atoms with Gasteiger partial charge in [-0.3, -0.25) is 19.9 Å². The zero-order valence-corrected chi connectivity index (χ0v) is 9.96. The molecule has 0 fully saturated rings. The Bertz CT molecular complexity index is 662. The third-order valence-electron chi connectivity index (χ3n) is 2.91. The molecule has 96 valence electrons. The monoisotopic (exact) mass is 257 g/mol. The number of carbonyl (C=O) groups excluding carboxylic acids is 2. The van der Waals surface area contributed by atoms with Gasteiger partial charge < -0.3 is 5.73 Å². The minimum absolute atomic E-state index is 0.0699. The molecule has 1 aliphatic heterocycles. The van der Waals surface area contributed by atoms with Crippen LogP contribution in [0.1, 0.15) is 21.7 Å². The van der Waals surface area contributed by atoms with Crippen LogP contribution < -0.4 is 11.1 Å². The number of hydrogen-bond donors (Lipinski definition) is 2. The molecule has 0 aliphatic carbocycles.